The van der Waals surface area contributed by atoms with Gasteiger partial charge in [0.1, 0.15) is 5.39 Å². The average molecular weight is 353 g/mol. The van der Waals surface area contributed by atoms with E-state index >= 15 is 0 Å². The molecule has 0 aliphatic heterocycles. The van der Waals surface area contributed by atoms with Gasteiger partial charge in [0.15, 0.2) is 5.65 Å². The summed E-state index contributed by atoms with van der Waals surface area (Å²) in [6, 6.07) is 4.69. The summed E-state index contributed by atoms with van der Waals surface area (Å²) in [5.41, 5.74) is -1.09. The Morgan fingerprint density at radius 3 is 2.39 bits per heavy atom. The highest BCUT2D eigenvalue weighted by atomic mass is 35.5. The van der Waals surface area contributed by atoms with Crippen LogP contribution in [0.5, 0.6) is 0 Å². The van der Waals surface area contributed by atoms with Gasteiger partial charge in [-0.25, -0.2) is 9.59 Å². The largest absolute Gasteiger partial charge is 0.347 e. The highest BCUT2D eigenvalue weighted by Crippen LogP contribution is 2.29. The normalized spacial score (nSPS) is 11.1. The van der Waals surface area contributed by atoms with E-state index < -0.39 is 16.9 Å². The second-order valence-electron chi connectivity index (χ2n) is 4.95. The van der Waals surface area contributed by atoms with E-state index in [0.29, 0.717) is 10.6 Å². The number of nitrogens with zero attached hydrogens (tertiary/aromatic N) is 3. The third-order valence-electron chi connectivity index (χ3n) is 3.53. The van der Waals surface area contributed by atoms with Gasteiger partial charge in [0.2, 0.25) is 0 Å². The van der Waals surface area contributed by atoms with Crippen molar-refractivity contribution in [2.75, 3.05) is 0 Å². The molecule has 3 aromatic rings. The van der Waals surface area contributed by atoms with Gasteiger partial charge in [-0.1, -0.05) is 29.3 Å². The minimum atomic E-state index is -0.679. The van der Waals surface area contributed by atoms with Gasteiger partial charge < -0.3 is 4.98 Å². The van der Waals surface area contributed by atoms with Crippen molar-refractivity contribution in [3.8, 4) is 11.3 Å². The van der Waals surface area contributed by atoms with Gasteiger partial charge in [-0.2, -0.15) is 4.98 Å². The van der Waals surface area contributed by atoms with Crippen LogP contribution in [0.25, 0.3) is 22.3 Å². The standard InChI is InChI=1S/C14H10Cl2N4O3/c1-19-11-9(12(21)20(2)14(19)23)10(17-13(22)18-11)6-3-4-7(15)8(16)5-6/h3-5H,1-2H3,(H,17,18,22). The highest BCUT2D eigenvalue weighted by Gasteiger charge is 2.17. The van der Waals surface area contributed by atoms with Gasteiger partial charge in [-0.3, -0.25) is 13.9 Å². The number of rotatable bonds is 1. The second kappa shape index (κ2) is 5.36. The van der Waals surface area contributed by atoms with Crippen molar-refractivity contribution in [3.05, 3.63) is 59.6 Å². The van der Waals surface area contributed by atoms with Crippen LogP contribution < -0.4 is 16.9 Å². The summed E-state index contributed by atoms with van der Waals surface area (Å²) in [5.74, 6) is 0. The zero-order valence-electron chi connectivity index (χ0n) is 12.1. The lowest BCUT2D eigenvalue weighted by Crippen LogP contribution is -2.38. The quantitative estimate of drug-likeness (QED) is 0.714. The third kappa shape index (κ3) is 2.38. The lowest BCUT2D eigenvalue weighted by molar-refractivity contribution is 0.705. The lowest BCUT2D eigenvalue weighted by atomic mass is 10.1. The van der Waals surface area contributed by atoms with Gasteiger partial charge in [0, 0.05) is 19.7 Å². The van der Waals surface area contributed by atoms with E-state index in [2.05, 4.69) is 9.97 Å². The molecule has 118 valence electrons. The highest BCUT2D eigenvalue weighted by molar-refractivity contribution is 6.42. The van der Waals surface area contributed by atoms with Crippen LogP contribution in [0.4, 0.5) is 0 Å². The minimum Gasteiger partial charge on any atom is -0.304 e. The Labute approximate surface area is 138 Å². The van der Waals surface area contributed by atoms with E-state index in [4.69, 9.17) is 23.2 Å². The summed E-state index contributed by atoms with van der Waals surface area (Å²) in [6.45, 7) is 0. The summed E-state index contributed by atoms with van der Waals surface area (Å²) in [5, 5.41) is 0.737. The monoisotopic (exact) mass is 352 g/mol. The number of aryl methyl sites for hydroxylation is 1. The fraction of sp³-hybridized carbons (Fsp3) is 0.143. The number of halogens is 2. The van der Waals surface area contributed by atoms with E-state index in [-0.39, 0.29) is 21.7 Å². The Hall–Kier alpha value is -2.38. The van der Waals surface area contributed by atoms with Crippen molar-refractivity contribution in [1.82, 2.24) is 19.1 Å². The Morgan fingerprint density at radius 2 is 1.74 bits per heavy atom. The molecule has 0 saturated carbocycles. The molecule has 9 heteroatoms. The van der Waals surface area contributed by atoms with E-state index in [1.165, 1.54) is 20.2 Å². The van der Waals surface area contributed by atoms with Crippen molar-refractivity contribution in [3.63, 3.8) is 0 Å². The van der Waals surface area contributed by atoms with Gasteiger partial charge in [-0.05, 0) is 12.1 Å². The molecular formula is C14H10Cl2N4O3. The molecule has 0 atom stereocenters. The molecule has 0 unspecified atom stereocenters. The number of fused-ring (bicyclic) bond motifs is 1. The summed E-state index contributed by atoms with van der Waals surface area (Å²) in [7, 11) is 2.79. The number of hydrogen-bond donors (Lipinski definition) is 1. The minimum absolute atomic E-state index is 0.00271. The molecule has 0 aliphatic carbocycles. The van der Waals surface area contributed by atoms with Gasteiger partial charge >= 0.3 is 11.4 Å². The van der Waals surface area contributed by atoms with Crippen LogP contribution in [-0.2, 0) is 14.1 Å². The van der Waals surface area contributed by atoms with E-state index in [1.807, 2.05) is 0 Å². The summed E-state index contributed by atoms with van der Waals surface area (Å²) in [6.07, 6.45) is 0. The molecule has 7 nitrogen and oxygen atoms in total. The fourth-order valence-corrected chi connectivity index (χ4v) is 2.64. The zero-order chi connectivity index (χ0) is 16.9. The first-order valence-corrected chi connectivity index (χ1v) is 7.22. The molecule has 0 amide bonds. The molecule has 0 fully saturated rings. The lowest BCUT2D eigenvalue weighted by Gasteiger charge is -2.10. The molecule has 0 saturated heterocycles. The first-order chi connectivity index (χ1) is 10.8. The molecule has 0 spiro atoms. The number of aromatic nitrogens is 4. The predicted octanol–water partition coefficient (Wildman–Crippen LogP) is 1.29. The van der Waals surface area contributed by atoms with Crippen LogP contribution in [0.2, 0.25) is 10.0 Å². The Bertz CT molecular complexity index is 1130. The molecule has 0 bridgehead atoms. The summed E-state index contributed by atoms with van der Waals surface area (Å²) >= 11 is 11.9. The molecule has 2 heterocycles. The van der Waals surface area contributed by atoms with Crippen molar-refractivity contribution in [2.24, 2.45) is 14.1 Å². The summed E-state index contributed by atoms with van der Waals surface area (Å²) in [4.78, 5) is 42.6. The van der Waals surface area contributed by atoms with Crippen LogP contribution in [-0.4, -0.2) is 19.1 Å². The third-order valence-corrected chi connectivity index (χ3v) is 4.27. The molecule has 1 N–H and O–H groups in total. The molecule has 0 radical (unpaired) electrons. The Balaban J connectivity index is 2.56. The van der Waals surface area contributed by atoms with Gasteiger partial charge in [0.25, 0.3) is 5.56 Å². The molecule has 0 aliphatic rings. The number of aromatic amines is 1. The predicted molar refractivity (Wildman–Crippen MR) is 88.3 cm³/mol. The first kappa shape index (κ1) is 15.5. The Morgan fingerprint density at radius 1 is 1.04 bits per heavy atom. The molecular weight excluding hydrogens is 343 g/mol. The van der Waals surface area contributed by atoms with Crippen molar-refractivity contribution >= 4 is 34.2 Å². The summed E-state index contributed by atoms with van der Waals surface area (Å²) < 4.78 is 2.09. The number of benzene rings is 1. The zero-order valence-corrected chi connectivity index (χ0v) is 13.6. The Kier molecular flexibility index (Phi) is 3.62. The molecule has 1 aromatic carbocycles. The topological polar surface area (TPSA) is 89.8 Å². The number of hydrogen-bond acceptors (Lipinski definition) is 4. The van der Waals surface area contributed by atoms with Crippen LogP contribution in [0, 0.1) is 0 Å². The van der Waals surface area contributed by atoms with Crippen LogP contribution in [0.1, 0.15) is 0 Å². The van der Waals surface area contributed by atoms with E-state index in [1.54, 1.807) is 12.1 Å². The molecule has 3 rings (SSSR count). The fourth-order valence-electron chi connectivity index (χ4n) is 2.34. The number of nitrogens with one attached hydrogen (secondary N) is 1. The van der Waals surface area contributed by atoms with Crippen LogP contribution in [0.15, 0.2) is 32.6 Å². The maximum absolute atomic E-state index is 12.5. The van der Waals surface area contributed by atoms with Gasteiger partial charge in [-0.15, -0.1) is 0 Å². The van der Waals surface area contributed by atoms with E-state index in [0.717, 1.165) is 9.13 Å². The first-order valence-electron chi connectivity index (χ1n) is 6.46. The smallest absolute Gasteiger partial charge is 0.304 e. The van der Waals surface area contributed by atoms with E-state index in [9.17, 15) is 14.4 Å². The second-order valence-corrected chi connectivity index (χ2v) is 5.76. The van der Waals surface area contributed by atoms with Crippen molar-refractivity contribution in [1.29, 1.82) is 0 Å². The van der Waals surface area contributed by atoms with Crippen LogP contribution in [0.3, 0.4) is 0 Å². The maximum Gasteiger partial charge on any atom is 0.347 e. The maximum atomic E-state index is 12.5. The molecule has 2 aromatic heterocycles. The SMILES string of the molecule is Cn1c(=O)c2c(-c3ccc(Cl)c(Cl)c3)[nH]c(=O)nc2n(C)c1=O. The van der Waals surface area contributed by atoms with Crippen LogP contribution >= 0.6 is 23.2 Å². The average Bonchev–Trinajstić information content (AvgIpc) is 2.52. The number of H-pyrrole nitrogens is 1. The molecule has 23 heavy (non-hydrogen) atoms. The van der Waals surface area contributed by atoms with Crippen molar-refractivity contribution < 1.29 is 0 Å². The van der Waals surface area contributed by atoms with Gasteiger partial charge in [0.05, 0.1) is 15.7 Å². The van der Waals surface area contributed by atoms with Crippen molar-refractivity contribution in [2.45, 2.75) is 0 Å².